The third-order valence-electron chi connectivity index (χ3n) is 3.25. The van der Waals surface area contributed by atoms with Crippen molar-refractivity contribution in [1.29, 1.82) is 0 Å². The van der Waals surface area contributed by atoms with Crippen LogP contribution in [0.5, 0.6) is 0 Å². The largest absolute Gasteiger partial charge is 0.480 e. The normalized spacial score (nSPS) is 23.6. The molecule has 0 aromatic carbocycles. The third kappa shape index (κ3) is 1.34. The van der Waals surface area contributed by atoms with Gasteiger partial charge in [0.15, 0.2) is 6.04 Å². The molecule has 0 aliphatic carbocycles. The Kier molecular flexibility index (Phi) is 2.19. The summed E-state index contributed by atoms with van der Waals surface area (Å²) in [4.78, 5) is 11.1. The third-order valence-corrected chi connectivity index (χ3v) is 3.25. The fourth-order valence-corrected chi connectivity index (χ4v) is 2.43. The van der Waals surface area contributed by atoms with E-state index >= 15 is 0 Å². The second-order valence-corrected chi connectivity index (χ2v) is 4.23. The summed E-state index contributed by atoms with van der Waals surface area (Å²) in [6.07, 6.45) is 0.891. The van der Waals surface area contributed by atoms with Gasteiger partial charge in [0.25, 0.3) is 0 Å². The summed E-state index contributed by atoms with van der Waals surface area (Å²) in [5.41, 5.74) is 3.27. The first-order valence-electron chi connectivity index (χ1n) is 5.50. The van der Waals surface area contributed by atoms with E-state index in [0.29, 0.717) is 13.1 Å². The topological polar surface area (TPSA) is 79.2 Å². The molecule has 0 fully saturated rings. The summed E-state index contributed by atoms with van der Waals surface area (Å²) < 4.78 is 1.69. The van der Waals surface area contributed by atoms with Crippen LogP contribution in [0.4, 0.5) is 0 Å². The number of nitrogens with one attached hydrogen (secondary N) is 2. The maximum Gasteiger partial charge on any atom is 0.329 e. The van der Waals surface area contributed by atoms with Crippen LogP contribution in [0.3, 0.4) is 0 Å². The van der Waals surface area contributed by atoms with Crippen molar-refractivity contribution in [2.24, 2.45) is 0 Å². The van der Waals surface area contributed by atoms with Crippen LogP contribution in [0.1, 0.15) is 23.0 Å². The maximum atomic E-state index is 11.1. The Morgan fingerprint density at radius 1 is 1.44 bits per heavy atom. The summed E-state index contributed by atoms with van der Waals surface area (Å²) in [5.74, 6) is -0.818. The van der Waals surface area contributed by atoms with Crippen molar-refractivity contribution in [2.75, 3.05) is 13.1 Å². The van der Waals surface area contributed by atoms with Crippen LogP contribution >= 0.6 is 0 Å². The van der Waals surface area contributed by atoms with Gasteiger partial charge in [-0.3, -0.25) is 4.68 Å². The van der Waals surface area contributed by atoms with Crippen LogP contribution in [0.15, 0.2) is 0 Å². The van der Waals surface area contributed by atoms with E-state index in [0.717, 1.165) is 30.9 Å². The van der Waals surface area contributed by atoms with Gasteiger partial charge in [0.05, 0.1) is 11.4 Å². The molecule has 6 heteroatoms. The number of carboxylic acids is 1. The van der Waals surface area contributed by atoms with E-state index in [2.05, 4.69) is 15.7 Å². The summed E-state index contributed by atoms with van der Waals surface area (Å²) in [5, 5.41) is 20.0. The number of aromatic nitrogens is 2. The number of nitrogens with zero attached hydrogens (tertiary/aromatic N) is 2. The molecule has 3 rings (SSSR count). The first-order chi connectivity index (χ1) is 7.77. The molecule has 0 spiro atoms. The zero-order valence-electron chi connectivity index (χ0n) is 8.86. The lowest BCUT2D eigenvalue weighted by Gasteiger charge is -2.23. The van der Waals surface area contributed by atoms with Crippen molar-refractivity contribution >= 4 is 5.97 Å². The molecular weight excluding hydrogens is 208 g/mol. The number of rotatable bonds is 1. The molecule has 0 radical (unpaired) electrons. The van der Waals surface area contributed by atoms with E-state index in [1.165, 1.54) is 5.56 Å². The molecule has 2 aliphatic heterocycles. The van der Waals surface area contributed by atoms with Crippen LogP contribution in [-0.4, -0.2) is 33.9 Å². The van der Waals surface area contributed by atoms with Crippen molar-refractivity contribution in [3.05, 3.63) is 17.0 Å². The van der Waals surface area contributed by atoms with Crippen molar-refractivity contribution < 1.29 is 9.90 Å². The molecule has 1 unspecified atom stereocenters. The van der Waals surface area contributed by atoms with E-state index in [1.807, 2.05) is 0 Å². The minimum Gasteiger partial charge on any atom is -0.480 e. The molecular formula is C10H14N4O2. The molecule has 86 valence electrons. The first-order valence-corrected chi connectivity index (χ1v) is 5.50. The molecule has 3 heterocycles. The Morgan fingerprint density at radius 3 is 3.12 bits per heavy atom. The summed E-state index contributed by atoms with van der Waals surface area (Å²) in [6.45, 7) is 2.90. The minimum atomic E-state index is -0.818. The Morgan fingerprint density at radius 2 is 2.31 bits per heavy atom. The second kappa shape index (κ2) is 3.57. The van der Waals surface area contributed by atoms with E-state index in [9.17, 15) is 4.79 Å². The zero-order valence-corrected chi connectivity index (χ0v) is 8.86. The first kappa shape index (κ1) is 9.80. The Hall–Kier alpha value is -1.40. The predicted octanol–water partition coefficient (Wildman–Crippen LogP) is -0.742. The van der Waals surface area contributed by atoms with Crippen LogP contribution in [-0.2, 0) is 24.3 Å². The van der Waals surface area contributed by atoms with Crippen molar-refractivity contribution in [3.8, 4) is 0 Å². The Bertz CT molecular complexity index is 440. The van der Waals surface area contributed by atoms with Gasteiger partial charge in [-0.2, -0.15) is 5.10 Å². The molecule has 3 N–H and O–H groups in total. The fourth-order valence-electron chi connectivity index (χ4n) is 2.43. The van der Waals surface area contributed by atoms with Gasteiger partial charge >= 0.3 is 5.97 Å². The number of hydrogen-bond acceptors (Lipinski definition) is 4. The molecule has 0 amide bonds. The quantitative estimate of drug-likeness (QED) is 0.583. The molecule has 16 heavy (non-hydrogen) atoms. The van der Waals surface area contributed by atoms with Crippen LogP contribution in [0.2, 0.25) is 0 Å². The molecule has 2 aliphatic rings. The van der Waals surface area contributed by atoms with Crippen LogP contribution < -0.4 is 10.6 Å². The Labute approximate surface area is 92.6 Å². The van der Waals surface area contributed by atoms with Gasteiger partial charge in [-0.15, -0.1) is 0 Å². The van der Waals surface area contributed by atoms with Gasteiger partial charge in [-0.1, -0.05) is 0 Å². The molecule has 0 saturated carbocycles. The van der Waals surface area contributed by atoms with Crippen molar-refractivity contribution in [1.82, 2.24) is 20.4 Å². The van der Waals surface area contributed by atoms with Gasteiger partial charge in [0.2, 0.25) is 0 Å². The predicted molar refractivity (Wildman–Crippen MR) is 56.0 cm³/mol. The van der Waals surface area contributed by atoms with E-state index in [1.54, 1.807) is 4.68 Å². The standard InChI is InChI=1S/C10H14N4O2/c15-10(16)9-5-12-4-8-6-3-11-2-1-7(6)13-14(8)9/h9,11-12H,1-5H2,(H,15,16). The molecule has 6 nitrogen and oxygen atoms in total. The molecule has 1 aromatic heterocycles. The summed E-state index contributed by atoms with van der Waals surface area (Å²) in [7, 11) is 0. The molecule has 1 aromatic rings. The highest BCUT2D eigenvalue weighted by atomic mass is 16.4. The van der Waals surface area contributed by atoms with Gasteiger partial charge in [0, 0.05) is 38.2 Å². The number of carboxylic acid groups (broad SMARTS) is 1. The average molecular weight is 222 g/mol. The number of fused-ring (bicyclic) bond motifs is 3. The highest BCUT2D eigenvalue weighted by Crippen LogP contribution is 2.24. The van der Waals surface area contributed by atoms with Crippen LogP contribution in [0, 0.1) is 0 Å². The second-order valence-electron chi connectivity index (χ2n) is 4.23. The summed E-state index contributed by atoms with van der Waals surface area (Å²) in [6, 6.07) is -0.561. The van der Waals surface area contributed by atoms with Crippen molar-refractivity contribution in [2.45, 2.75) is 25.6 Å². The minimum absolute atomic E-state index is 0.455. The van der Waals surface area contributed by atoms with Crippen molar-refractivity contribution in [3.63, 3.8) is 0 Å². The van der Waals surface area contributed by atoms with Gasteiger partial charge in [0.1, 0.15) is 0 Å². The highest BCUT2D eigenvalue weighted by Gasteiger charge is 2.30. The fraction of sp³-hybridized carbons (Fsp3) is 0.600. The SMILES string of the molecule is O=C(O)C1CNCc2c3c(nn21)CCNC3. The monoisotopic (exact) mass is 222 g/mol. The lowest BCUT2D eigenvalue weighted by molar-refractivity contribution is -0.141. The number of carbonyl (C=O) groups is 1. The number of hydrogen-bond donors (Lipinski definition) is 3. The van der Waals surface area contributed by atoms with E-state index < -0.39 is 12.0 Å². The van der Waals surface area contributed by atoms with Gasteiger partial charge in [-0.05, 0) is 0 Å². The summed E-state index contributed by atoms with van der Waals surface area (Å²) >= 11 is 0. The molecule has 0 saturated heterocycles. The lowest BCUT2D eigenvalue weighted by Crippen LogP contribution is -2.38. The van der Waals surface area contributed by atoms with E-state index in [-0.39, 0.29) is 0 Å². The smallest absolute Gasteiger partial charge is 0.329 e. The van der Waals surface area contributed by atoms with Gasteiger partial charge < -0.3 is 15.7 Å². The Balaban J connectivity index is 2.08. The lowest BCUT2D eigenvalue weighted by atomic mass is 10.1. The average Bonchev–Trinajstić information content (AvgIpc) is 2.67. The molecule has 1 atom stereocenters. The van der Waals surface area contributed by atoms with Gasteiger partial charge in [-0.25, -0.2) is 4.79 Å². The maximum absolute atomic E-state index is 11.1. The zero-order chi connectivity index (χ0) is 11.1. The highest BCUT2D eigenvalue weighted by molar-refractivity contribution is 5.72. The van der Waals surface area contributed by atoms with E-state index in [4.69, 9.17) is 5.11 Å². The molecule has 0 bridgehead atoms. The van der Waals surface area contributed by atoms with Crippen LogP contribution in [0.25, 0.3) is 0 Å². The number of aliphatic carboxylic acids is 1.